The van der Waals surface area contributed by atoms with E-state index >= 15 is 0 Å². The van der Waals surface area contributed by atoms with Crippen molar-refractivity contribution in [3.63, 3.8) is 0 Å². The van der Waals surface area contributed by atoms with Crippen LogP contribution in [0.2, 0.25) is 0 Å². The van der Waals surface area contributed by atoms with Crippen molar-refractivity contribution >= 4 is 28.1 Å². The van der Waals surface area contributed by atoms with Gasteiger partial charge in [-0.2, -0.15) is 5.10 Å². The molecule has 0 bridgehead atoms. The maximum absolute atomic E-state index is 13.7. The number of nitrogens with one attached hydrogen (secondary N) is 2. The highest BCUT2D eigenvalue weighted by atomic mass is 35.5. The van der Waals surface area contributed by atoms with Crippen LogP contribution in [0.15, 0.2) is 52.8 Å². The third kappa shape index (κ3) is 2.23. The summed E-state index contributed by atoms with van der Waals surface area (Å²) in [5.74, 6) is -0.681. The zero-order valence-corrected chi connectivity index (χ0v) is 12.4. The number of H-pyrrole nitrogens is 1. The summed E-state index contributed by atoms with van der Waals surface area (Å²) in [5.41, 5.74) is 1.51. The van der Waals surface area contributed by atoms with Crippen molar-refractivity contribution in [2.45, 2.75) is 5.92 Å². The first-order valence-electron chi connectivity index (χ1n) is 6.66. The highest BCUT2D eigenvalue weighted by molar-refractivity contribution is 6.31. The maximum atomic E-state index is 13.7. The average Bonchev–Trinajstić information content (AvgIpc) is 2.48. The molecule has 3 rings (SSSR count). The van der Waals surface area contributed by atoms with Gasteiger partial charge in [-0.25, -0.2) is 9.49 Å². The van der Waals surface area contributed by atoms with Gasteiger partial charge in [-0.3, -0.25) is 4.79 Å². The van der Waals surface area contributed by atoms with E-state index in [1.165, 1.54) is 12.1 Å². The molecule has 2 N–H and O–H groups in total. The van der Waals surface area contributed by atoms with Gasteiger partial charge < -0.3 is 5.32 Å². The molecule has 2 aromatic rings. The molecule has 1 aliphatic heterocycles. The van der Waals surface area contributed by atoms with Crippen LogP contribution in [-0.2, 0) is 0 Å². The maximum Gasteiger partial charge on any atom is 0.272 e. The van der Waals surface area contributed by atoms with E-state index in [2.05, 4.69) is 28.7 Å². The summed E-state index contributed by atoms with van der Waals surface area (Å²) in [6.07, 6.45) is 3.38. The standard InChI is InChI=1S/C16H13ClFN3O/c1-3-4-10(8(2)17)12-7-19-13-6-9(18)5-11-14(13)15(12)20-21-16(11)22/h3-6,12,19H,1-2,7H2,(H,21,22)/b10-4+. The predicted octanol–water partition coefficient (Wildman–Crippen LogP) is 3.44. The molecule has 2 heterocycles. The van der Waals surface area contributed by atoms with Gasteiger partial charge >= 0.3 is 0 Å². The van der Waals surface area contributed by atoms with Gasteiger partial charge in [0.1, 0.15) is 5.82 Å². The third-order valence-electron chi connectivity index (χ3n) is 3.69. The molecule has 0 aliphatic carbocycles. The van der Waals surface area contributed by atoms with Gasteiger partial charge in [0.05, 0.1) is 11.1 Å². The second-order valence-electron chi connectivity index (χ2n) is 5.01. The van der Waals surface area contributed by atoms with Gasteiger partial charge in [-0.05, 0) is 17.7 Å². The Hall–Kier alpha value is -2.40. The van der Waals surface area contributed by atoms with E-state index in [-0.39, 0.29) is 11.3 Å². The number of hydrogen-bond donors (Lipinski definition) is 2. The number of allylic oxidation sites excluding steroid dienone is 3. The molecule has 0 fully saturated rings. The minimum Gasteiger partial charge on any atom is -0.383 e. The van der Waals surface area contributed by atoms with Crippen molar-refractivity contribution in [1.29, 1.82) is 0 Å². The number of rotatable bonds is 3. The van der Waals surface area contributed by atoms with Gasteiger partial charge in [0.25, 0.3) is 5.56 Å². The molecular formula is C16H13ClFN3O. The third-order valence-corrected chi connectivity index (χ3v) is 3.91. The van der Waals surface area contributed by atoms with Crippen LogP contribution < -0.4 is 10.9 Å². The molecule has 6 heteroatoms. The highest BCUT2D eigenvalue weighted by Crippen LogP contribution is 2.39. The van der Waals surface area contributed by atoms with Gasteiger partial charge in [0, 0.05) is 28.6 Å². The Morgan fingerprint density at radius 3 is 2.95 bits per heavy atom. The first kappa shape index (κ1) is 14.5. The summed E-state index contributed by atoms with van der Waals surface area (Å²) in [6.45, 7) is 7.90. The quantitative estimate of drug-likeness (QED) is 0.853. The summed E-state index contributed by atoms with van der Waals surface area (Å²) in [4.78, 5) is 11.9. The summed E-state index contributed by atoms with van der Waals surface area (Å²) in [5, 5.41) is 11.0. The molecule has 112 valence electrons. The van der Waals surface area contributed by atoms with Gasteiger partial charge in [-0.15, -0.1) is 0 Å². The van der Waals surface area contributed by atoms with E-state index in [4.69, 9.17) is 11.6 Å². The fraction of sp³-hybridized carbons (Fsp3) is 0.125. The first-order valence-corrected chi connectivity index (χ1v) is 7.03. The van der Waals surface area contributed by atoms with Crippen LogP contribution in [0.25, 0.3) is 10.8 Å². The van der Waals surface area contributed by atoms with E-state index < -0.39 is 11.4 Å². The Labute approximate surface area is 131 Å². The van der Waals surface area contributed by atoms with Gasteiger partial charge in [-0.1, -0.05) is 36.9 Å². The van der Waals surface area contributed by atoms with E-state index in [0.29, 0.717) is 28.3 Å². The number of halogens is 2. The van der Waals surface area contributed by atoms with Crippen molar-refractivity contribution in [1.82, 2.24) is 10.2 Å². The van der Waals surface area contributed by atoms with Crippen molar-refractivity contribution < 1.29 is 4.39 Å². The fourth-order valence-corrected chi connectivity index (χ4v) is 2.96. The Morgan fingerprint density at radius 2 is 2.27 bits per heavy atom. The number of nitrogens with zero attached hydrogens (tertiary/aromatic N) is 1. The van der Waals surface area contributed by atoms with Crippen LogP contribution in [0.5, 0.6) is 0 Å². The minimum absolute atomic E-state index is 0.208. The Kier molecular flexibility index (Phi) is 3.58. The van der Waals surface area contributed by atoms with E-state index in [9.17, 15) is 9.18 Å². The molecule has 1 atom stereocenters. The smallest absolute Gasteiger partial charge is 0.272 e. The van der Waals surface area contributed by atoms with Crippen LogP contribution in [0, 0.1) is 5.82 Å². The SMILES string of the molecule is C=C/C=C(\C(=C)Cl)C1CNc2cc(F)cc3c(=O)[nH]nc1c23. The summed E-state index contributed by atoms with van der Waals surface area (Å²) >= 11 is 6.08. The second-order valence-corrected chi connectivity index (χ2v) is 5.47. The zero-order valence-electron chi connectivity index (χ0n) is 11.6. The molecule has 0 saturated heterocycles. The predicted molar refractivity (Wildman–Crippen MR) is 86.8 cm³/mol. The molecule has 22 heavy (non-hydrogen) atoms. The summed E-state index contributed by atoms with van der Waals surface area (Å²) in [6, 6.07) is 2.56. The van der Waals surface area contributed by atoms with E-state index in [1.807, 2.05) is 0 Å². The summed E-state index contributed by atoms with van der Waals surface area (Å²) < 4.78 is 13.7. The first-order chi connectivity index (χ1) is 10.5. The van der Waals surface area contributed by atoms with E-state index in [1.54, 1.807) is 12.2 Å². The lowest BCUT2D eigenvalue weighted by molar-refractivity contribution is 0.629. The lowest BCUT2D eigenvalue weighted by Gasteiger charge is -2.27. The summed E-state index contributed by atoms with van der Waals surface area (Å²) in [7, 11) is 0. The second kappa shape index (κ2) is 5.42. The van der Waals surface area contributed by atoms with Crippen molar-refractivity contribution in [2.75, 3.05) is 11.9 Å². The van der Waals surface area contributed by atoms with Crippen molar-refractivity contribution in [3.8, 4) is 0 Å². The molecule has 0 amide bonds. The molecule has 0 radical (unpaired) electrons. The molecular weight excluding hydrogens is 305 g/mol. The number of benzene rings is 1. The Bertz CT molecular complexity index is 885. The van der Waals surface area contributed by atoms with Crippen molar-refractivity contribution in [3.05, 3.63) is 69.9 Å². The molecule has 1 aromatic carbocycles. The largest absolute Gasteiger partial charge is 0.383 e. The van der Waals surface area contributed by atoms with Gasteiger partial charge in [0.15, 0.2) is 0 Å². The molecule has 4 nitrogen and oxygen atoms in total. The van der Waals surface area contributed by atoms with Crippen molar-refractivity contribution in [2.24, 2.45) is 0 Å². The van der Waals surface area contributed by atoms with E-state index in [0.717, 1.165) is 5.57 Å². The normalized spacial score (nSPS) is 17.2. The highest BCUT2D eigenvalue weighted by Gasteiger charge is 2.28. The molecule has 1 unspecified atom stereocenters. The lowest BCUT2D eigenvalue weighted by atomic mass is 9.88. The Morgan fingerprint density at radius 1 is 1.50 bits per heavy atom. The topological polar surface area (TPSA) is 57.8 Å². The van der Waals surface area contributed by atoms with Crippen LogP contribution >= 0.6 is 11.6 Å². The Balaban J connectivity index is 2.32. The fourth-order valence-electron chi connectivity index (χ4n) is 2.77. The number of anilines is 1. The number of aromatic amines is 1. The number of hydrogen-bond acceptors (Lipinski definition) is 3. The van der Waals surface area contributed by atoms with Crippen LogP contribution in [0.1, 0.15) is 11.6 Å². The monoisotopic (exact) mass is 317 g/mol. The number of aromatic nitrogens is 2. The lowest BCUT2D eigenvalue weighted by Crippen LogP contribution is -2.25. The van der Waals surface area contributed by atoms with Crippen LogP contribution in [0.3, 0.4) is 0 Å². The average molecular weight is 318 g/mol. The molecule has 0 saturated carbocycles. The zero-order chi connectivity index (χ0) is 15.9. The molecule has 1 aliphatic rings. The minimum atomic E-state index is -0.472. The van der Waals surface area contributed by atoms with Gasteiger partial charge in [0.2, 0.25) is 0 Å². The van der Waals surface area contributed by atoms with Crippen LogP contribution in [-0.4, -0.2) is 16.7 Å². The van der Waals surface area contributed by atoms with Crippen LogP contribution in [0.4, 0.5) is 10.1 Å². The molecule has 1 aromatic heterocycles. The molecule has 0 spiro atoms.